The van der Waals surface area contributed by atoms with Crippen molar-refractivity contribution in [1.29, 1.82) is 0 Å². The maximum atomic E-state index is 11.0. The van der Waals surface area contributed by atoms with Gasteiger partial charge in [0.15, 0.2) is 0 Å². The van der Waals surface area contributed by atoms with Gasteiger partial charge in [0.25, 0.3) is 0 Å². The van der Waals surface area contributed by atoms with Crippen LogP contribution in [0, 0.1) is 11.8 Å². The van der Waals surface area contributed by atoms with Crippen LogP contribution in [0.3, 0.4) is 0 Å². The molecule has 1 aromatic rings. The van der Waals surface area contributed by atoms with E-state index < -0.39 is 0 Å². The Kier molecular flexibility index (Phi) is 5.10. The van der Waals surface area contributed by atoms with E-state index in [2.05, 4.69) is 11.8 Å². The lowest BCUT2D eigenvalue weighted by Gasteiger charge is -2.02. The Bertz CT molecular complexity index is 395. The number of rotatable bonds is 3. The van der Waals surface area contributed by atoms with Gasteiger partial charge in [0.05, 0.1) is 0 Å². The second kappa shape index (κ2) is 6.65. The van der Waals surface area contributed by atoms with E-state index in [9.17, 15) is 4.79 Å². The lowest BCUT2D eigenvalue weighted by molar-refractivity contribution is -0.134. The summed E-state index contributed by atoms with van der Waals surface area (Å²) in [4.78, 5) is 11.0. The lowest BCUT2D eigenvalue weighted by atomic mass is 10.1. The van der Waals surface area contributed by atoms with E-state index in [1.807, 2.05) is 12.1 Å². The van der Waals surface area contributed by atoms with Crippen molar-refractivity contribution in [2.75, 3.05) is 6.61 Å². The van der Waals surface area contributed by atoms with E-state index in [0.29, 0.717) is 18.6 Å². The largest absolute Gasteiger partial charge is 0.427 e. The molecule has 1 rings (SSSR count). The molecule has 0 radical (unpaired) electrons. The van der Waals surface area contributed by atoms with Gasteiger partial charge < -0.3 is 9.84 Å². The molecule has 0 aliphatic heterocycles. The minimum absolute atomic E-state index is 0.119. The number of hydrogen-bond acceptors (Lipinski definition) is 3. The molecule has 3 heteroatoms. The van der Waals surface area contributed by atoms with Crippen LogP contribution in [0.25, 0.3) is 0 Å². The molecule has 0 fully saturated rings. The second-order valence-electron chi connectivity index (χ2n) is 3.16. The highest BCUT2D eigenvalue weighted by molar-refractivity contribution is 5.71. The van der Waals surface area contributed by atoms with Crippen LogP contribution in [0.5, 0.6) is 5.75 Å². The first-order valence-corrected chi connectivity index (χ1v) is 5.12. The molecule has 1 aromatic carbocycles. The third kappa shape index (κ3) is 4.16. The van der Waals surface area contributed by atoms with Crippen LogP contribution in [0.4, 0.5) is 0 Å². The minimum atomic E-state index is -0.243. The Balaban J connectivity index is 2.57. The van der Waals surface area contributed by atoms with Crippen LogP contribution < -0.4 is 4.74 Å². The Hall–Kier alpha value is -1.79. The van der Waals surface area contributed by atoms with Crippen LogP contribution >= 0.6 is 0 Å². The van der Waals surface area contributed by atoms with E-state index in [1.165, 1.54) is 0 Å². The van der Waals surface area contributed by atoms with Gasteiger partial charge in [0.1, 0.15) is 12.4 Å². The molecule has 1 N–H and O–H groups in total. The molecule has 0 aliphatic rings. The molecule has 0 saturated carbocycles. The quantitative estimate of drug-likeness (QED) is 0.475. The Morgan fingerprint density at radius 3 is 2.56 bits per heavy atom. The smallest absolute Gasteiger partial charge is 0.310 e. The van der Waals surface area contributed by atoms with Gasteiger partial charge in [0, 0.05) is 12.8 Å². The highest BCUT2D eigenvalue weighted by Gasteiger charge is 2.00. The number of hydrogen-bond donors (Lipinski definition) is 1. The molecule has 0 saturated heterocycles. The van der Waals surface area contributed by atoms with Gasteiger partial charge in [-0.3, -0.25) is 4.79 Å². The summed E-state index contributed by atoms with van der Waals surface area (Å²) in [6, 6.07) is 7.18. The second-order valence-corrected chi connectivity index (χ2v) is 3.16. The first kappa shape index (κ1) is 12.3. The van der Waals surface area contributed by atoms with E-state index in [1.54, 1.807) is 19.1 Å². The number of carbonyl (C=O) groups is 1. The molecule has 0 amide bonds. The van der Waals surface area contributed by atoms with Crippen molar-refractivity contribution >= 4 is 5.97 Å². The normalized spacial score (nSPS) is 9.12. The standard InChI is InChI=1S/C13H14O3/c1-2-13(15)16-12-8-6-11(7-9-12)5-3-4-10-14/h6-9,14H,2,5,10H2,1H3. The maximum absolute atomic E-state index is 11.0. The summed E-state index contributed by atoms with van der Waals surface area (Å²) in [5, 5.41) is 8.48. The Morgan fingerprint density at radius 2 is 2.00 bits per heavy atom. The van der Waals surface area contributed by atoms with Crippen molar-refractivity contribution in [3.05, 3.63) is 29.8 Å². The molecule has 16 heavy (non-hydrogen) atoms. The molecule has 0 bridgehead atoms. The monoisotopic (exact) mass is 218 g/mol. The van der Waals surface area contributed by atoms with Crippen molar-refractivity contribution in [3.63, 3.8) is 0 Å². The molecule has 0 aromatic heterocycles. The number of esters is 1. The molecule has 0 unspecified atom stereocenters. The topological polar surface area (TPSA) is 46.5 Å². The average Bonchev–Trinajstić information content (AvgIpc) is 2.31. The maximum Gasteiger partial charge on any atom is 0.310 e. The third-order valence-electron chi connectivity index (χ3n) is 1.94. The first-order chi connectivity index (χ1) is 7.76. The number of aliphatic hydroxyl groups is 1. The fourth-order valence-electron chi connectivity index (χ4n) is 1.10. The average molecular weight is 218 g/mol. The fraction of sp³-hybridized carbons (Fsp3) is 0.308. The fourth-order valence-corrected chi connectivity index (χ4v) is 1.10. The summed E-state index contributed by atoms with van der Waals surface area (Å²) in [6.45, 7) is 1.63. The minimum Gasteiger partial charge on any atom is -0.427 e. The van der Waals surface area contributed by atoms with Crippen LogP contribution in [0.2, 0.25) is 0 Å². The Morgan fingerprint density at radius 1 is 1.31 bits per heavy atom. The molecule has 84 valence electrons. The van der Waals surface area contributed by atoms with Crippen molar-refractivity contribution < 1.29 is 14.6 Å². The zero-order valence-electron chi connectivity index (χ0n) is 9.19. The summed E-state index contributed by atoms with van der Waals surface area (Å²) < 4.78 is 5.03. The van der Waals surface area contributed by atoms with Gasteiger partial charge in [-0.25, -0.2) is 0 Å². The summed E-state index contributed by atoms with van der Waals surface area (Å²) in [5.74, 6) is 5.69. The first-order valence-electron chi connectivity index (χ1n) is 5.12. The van der Waals surface area contributed by atoms with E-state index >= 15 is 0 Å². The van der Waals surface area contributed by atoms with Crippen molar-refractivity contribution in [1.82, 2.24) is 0 Å². The molecular weight excluding hydrogens is 204 g/mol. The number of carbonyl (C=O) groups excluding carboxylic acids is 1. The summed E-state index contributed by atoms with van der Waals surface area (Å²) in [6.07, 6.45) is 0.951. The van der Waals surface area contributed by atoms with Crippen molar-refractivity contribution in [3.8, 4) is 17.6 Å². The molecule has 0 spiro atoms. The highest BCUT2D eigenvalue weighted by Crippen LogP contribution is 2.12. The van der Waals surface area contributed by atoms with Crippen molar-refractivity contribution in [2.24, 2.45) is 0 Å². The SMILES string of the molecule is CCC(=O)Oc1ccc(CC#CCO)cc1. The Labute approximate surface area is 95.1 Å². The predicted molar refractivity (Wildman–Crippen MR) is 60.9 cm³/mol. The zero-order chi connectivity index (χ0) is 11.8. The summed E-state index contributed by atoms with van der Waals surface area (Å²) >= 11 is 0. The number of aliphatic hydroxyl groups excluding tert-OH is 1. The van der Waals surface area contributed by atoms with Crippen LogP contribution in [-0.4, -0.2) is 17.7 Å². The number of benzene rings is 1. The van der Waals surface area contributed by atoms with Crippen LogP contribution in [-0.2, 0) is 11.2 Å². The van der Waals surface area contributed by atoms with E-state index in [-0.39, 0.29) is 12.6 Å². The van der Waals surface area contributed by atoms with Gasteiger partial charge in [-0.2, -0.15) is 0 Å². The van der Waals surface area contributed by atoms with E-state index in [0.717, 1.165) is 5.56 Å². The summed E-state index contributed by atoms with van der Waals surface area (Å²) in [5.41, 5.74) is 1.03. The zero-order valence-corrected chi connectivity index (χ0v) is 9.19. The molecule has 0 atom stereocenters. The predicted octanol–water partition coefficient (Wildman–Crippen LogP) is 1.54. The van der Waals surface area contributed by atoms with Crippen LogP contribution in [0.1, 0.15) is 18.9 Å². The van der Waals surface area contributed by atoms with Gasteiger partial charge in [-0.15, -0.1) is 0 Å². The molecule has 3 nitrogen and oxygen atoms in total. The summed E-state index contributed by atoms with van der Waals surface area (Å²) in [7, 11) is 0. The third-order valence-corrected chi connectivity index (χ3v) is 1.94. The molecule has 0 heterocycles. The van der Waals surface area contributed by atoms with Gasteiger partial charge in [0.2, 0.25) is 0 Å². The van der Waals surface area contributed by atoms with Gasteiger partial charge >= 0.3 is 5.97 Å². The highest BCUT2D eigenvalue weighted by atomic mass is 16.5. The van der Waals surface area contributed by atoms with Crippen molar-refractivity contribution in [2.45, 2.75) is 19.8 Å². The number of ether oxygens (including phenoxy) is 1. The van der Waals surface area contributed by atoms with Gasteiger partial charge in [-0.05, 0) is 17.7 Å². The van der Waals surface area contributed by atoms with E-state index in [4.69, 9.17) is 9.84 Å². The lowest BCUT2D eigenvalue weighted by Crippen LogP contribution is -2.05. The molecular formula is C13H14O3. The van der Waals surface area contributed by atoms with Gasteiger partial charge in [-0.1, -0.05) is 30.9 Å². The van der Waals surface area contributed by atoms with Crippen LogP contribution in [0.15, 0.2) is 24.3 Å². The molecule has 0 aliphatic carbocycles.